The average molecular weight is 382 g/mol. The zero-order valence-corrected chi connectivity index (χ0v) is 16.1. The van der Waals surface area contributed by atoms with Crippen molar-refractivity contribution in [2.75, 3.05) is 0 Å². The first-order valence-electron chi connectivity index (χ1n) is 9.16. The van der Waals surface area contributed by atoms with E-state index in [0.717, 1.165) is 28.2 Å². The fourth-order valence-electron chi connectivity index (χ4n) is 2.90. The van der Waals surface area contributed by atoms with Gasteiger partial charge in [-0.1, -0.05) is 25.2 Å². The molecule has 1 saturated carbocycles. The largest absolute Gasteiger partial charge is 0.352 e. The Bertz CT molecular complexity index is 973. The maximum atomic E-state index is 12.7. The molecule has 2 aromatic heterocycles. The van der Waals surface area contributed by atoms with Gasteiger partial charge in [0.2, 0.25) is 5.91 Å². The number of carbonyl (C=O) groups excluding carboxylic acids is 2. The van der Waals surface area contributed by atoms with Crippen LogP contribution in [0.15, 0.2) is 42.7 Å². The van der Waals surface area contributed by atoms with Gasteiger partial charge in [-0.05, 0) is 49.1 Å². The first kappa shape index (κ1) is 17.7. The molecule has 2 heterocycles. The summed E-state index contributed by atoms with van der Waals surface area (Å²) in [7, 11) is 0. The van der Waals surface area contributed by atoms with Gasteiger partial charge in [-0.3, -0.25) is 9.59 Å². The van der Waals surface area contributed by atoms with Crippen molar-refractivity contribution in [1.82, 2.24) is 20.2 Å². The predicted octanol–water partition coefficient (Wildman–Crippen LogP) is 3.12. The van der Waals surface area contributed by atoms with Crippen molar-refractivity contribution in [3.63, 3.8) is 0 Å². The molecule has 140 valence electrons. The van der Waals surface area contributed by atoms with Crippen molar-refractivity contribution in [2.24, 2.45) is 5.92 Å². The van der Waals surface area contributed by atoms with Gasteiger partial charge in [0.25, 0.3) is 5.91 Å². The summed E-state index contributed by atoms with van der Waals surface area (Å²) in [4.78, 5) is 29.7. The number of benzene rings is 1. The summed E-state index contributed by atoms with van der Waals surface area (Å²) in [5, 5.41) is 6.73. The van der Waals surface area contributed by atoms with Crippen LogP contribution in [0, 0.1) is 5.92 Å². The van der Waals surface area contributed by atoms with Gasteiger partial charge in [-0.2, -0.15) is 0 Å². The molecule has 7 heteroatoms. The van der Waals surface area contributed by atoms with Crippen LogP contribution >= 0.6 is 11.3 Å². The fraction of sp³-hybridized carbons (Fsp3) is 0.350. The van der Waals surface area contributed by atoms with Gasteiger partial charge < -0.3 is 15.2 Å². The lowest BCUT2D eigenvalue weighted by molar-refractivity contribution is -0.124. The summed E-state index contributed by atoms with van der Waals surface area (Å²) in [5.41, 5.74) is 1.39. The lowest BCUT2D eigenvalue weighted by Gasteiger charge is -2.21. The van der Waals surface area contributed by atoms with Gasteiger partial charge in [0.05, 0.1) is 10.2 Å². The minimum absolute atomic E-state index is 0.0141. The van der Waals surface area contributed by atoms with Crippen LogP contribution in [-0.2, 0) is 4.79 Å². The van der Waals surface area contributed by atoms with Crippen molar-refractivity contribution in [3.8, 4) is 5.13 Å². The van der Waals surface area contributed by atoms with Gasteiger partial charge in [0.15, 0.2) is 5.13 Å². The summed E-state index contributed by atoms with van der Waals surface area (Å²) in [5.74, 6) is -0.327. The summed E-state index contributed by atoms with van der Waals surface area (Å²) >= 11 is 1.53. The maximum absolute atomic E-state index is 12.7. The summed E-state index contributed by atoms with van der Waals surface area (Å²) in [6.45, 7) is 3.88. The highest BCUT2D eigenvalue weighted by Gasteiger charge is 2.30. The summed E-state index contributed by atoms with van der Waals surface area (Å²) in [6, 6.07) is 9.08. The van der Waals surface area contributed by atoms with E-state index in [2.05, 4.69) is 15.6 Å². The standard InChI is InChI=1S/C20H22N4O2S/c1-12(2)17(19(26)21-14-6-7-14)23-18(25)13-5-8-15-16(11-13)27-20(22-15)24-9-3-4-10-24/h3-5,8-12,14,17H,6-7H2,1-2H3,(H,21,26)(H,23,25)/t17-/m0/s1. The number of rotatable bonds is 6. The monoisotopic (exact) mass is 382 g/mol. The predicted molar refractivity (Wildman–Crippen MR) is 106 cm³/mol. The van der Waals surface area contributed by atoms with E-state index in [0.29, 0.717) is 5.56 Å². The van der Waals surface area contributed by atoms with E-state index in [9.17, 15) is 9.59 Å². The highest BCUT2D eigenvalue weighted by Crippen LogP contribution is 2.26. The van der Waals surface area contributed by atoms with Crippen LogP contribution in [0.25, 0.3) is 15.3 Å². The first-order chi connectivity index (χ1) is 13.0. The van der Waals surface area contributed by atoms with Crippen LogP contribution in [0.5, 0.6) is 0 Å². The quantitative estimate of drug-likeness (QED) is 0.688. The van der Waals surface area contributed by atoms with Crippen LogP contribution in [0.1, 0.15) is 37.0 Å². The molecule has 1 atom stereocenters. The van der Waals surface area contributed by atoms with Crippen molar-refractivity contribution in [3.05, 3.63) is 48.3 Å². The van der Waals surface area contributed by atoms with Crippen LogP contribution in [0.2, 0.25) is 0 Å². The van der Waals surface area contributed by atoms with Crippen LogP contribution in [0.3, 0.4) is 0 Å². The highest BCUT2D eigenvalue weighted by molar-refractivity contribution is 7.20. The van der Waals surface area contributed by atoms with Gasteiger partial charge in [0.1, 0.15) is 6.04 Å². The molecule has 0 aliphatic heterocycles. The van der Waals surface area contributed by atoms with E-state index in [1.807, 2.05) is 55.1 Å². The van der Waals surface area contributed by atoms with E-state index in [1.54, 1.807) is 6.07 Å². The van der Waals surface area contributed by atoms with Crippen molar-refractivity contribution >= 4 is 33.4 Å². The third-order valence-corrected chi connectivity index (χ3v) is 5.66. The van der Waals surface area contributed by atoms with Crippen molar-refractivity contribution < 1.29 is 9.59 Å². The molecule has 0 bridgehead atoms. The summed E-state index contributed by atoms with van der Waals surface area (Å²) < 4.78 is 2.89. The molecule has 4 rings (SSSR count). The molecule has 0 saturated heterocycles. The molecule has 0 unspecified atom stereocenters. The zero-order chi connectivity index (χ0) is 19.0. The molecular formula is C20H22N4O2S. The smallest absolute Gasteiger partial charge is 0.251 e. The number of hydrogen-bond donors (Lipinski definition) is 2. The van der Waals surface area contributed by atoms with E-state index >= 15 is 0 Å². The second-order valence-corrected chi connectivity index (χ2v) is 8.26. The Balaban J connectivity index is 1.53. The van der Waals surface area contributed by atoms with Gasteiger partial charge in [0, 0.05) is 24.0 Å². The molecule has 2 amide bonds. The van der Waals surface area contributed by atoms with E-state index in [4.69, 9.17) is 0 Å². The Hall–Kier alpha value is -2.67. The van der Waals surface area contributed by atoms with E-state index < -0.39 is 6.04 Å². The third kappa shape index (κ3) is 3.88. The number of nitrogens with one attached hydrogen (secondary N) is 2. The second kappa shape index (κ2) is 7.15. The number of fused-ring (bicyclic) bond motifs is 1. The molecule has 27 heavy (non-hydrogen) atoms. The van der Waals surface area contributed by atoms with Gasteiger partial charge in [-0.15, -0.1) is 0 Å². The Morgan fingerprint density at radius 3 is 2.63 bits per heavy atom. The normalized spacial score (nSPS) is 15.1. The fourth-order valence-corrected chi connectivity index (χ4v) is 3.88. The number of hydrogen-bond acceptors (Lipinski definition) is 4. The molecule has 1 aliphatic carbocycles. The average Bonchev–Trinajstić information content (AvgIpc) is 3.13. The molecule has 1 aliphatic rings. The highest BCUT2D eigenvalue weighted by atomic mass is 32.1. The topological polar surface area (TPSA) is 76.0 Å². The number of thiazole rings is 1. The van der Waals surface area contributed by atoms with Crippen LogP contribution in [-0.4, -0.2) is 33.4 Å². The maximum Gasteiger partial charge on any atom is 0.251 e. The lowest BCUT2D eigenvalue weighted by Crippen LogP contribution is -2.50. The van der Waals surface area contributed by atoms with Crippen molar-refractivity contribution in [1.29, 1.82) is 0 Å². The van der Waals surface area contributed by atoms with E-state index in [-0.39, 0.29) is 23.8 Å². The van der Waals surface area contributed by atoms with E-state index in [1.165, 1.54) is 11.3 Å². The van der Waals surface area contributed by atoms with Crippen molar-refractivity contribution in [2.45, 2.75) is 38.8 Å². The molecule has 2 N–H and O–H groups in total. The first-order valence-corrected chi connectivity index (χ1v) is 9.98. The zero-order valence-electron chi connectivity index (χ0n) is 15.3. The minimum atomic E-state index is -0.536. The van der Waals surface area contributed by atoms with Crippen LogP contribution < -0.4 is 10.6 Å². The Morgan fingerprint density at radius 1 is 1.22 bits per heavy atom. The molecule has 3 aromatic rings. The van der Waals surface area contributed by atoms with Crippen LogP contribution in [0.4, 0.5) is 0 Å². The van der Waals surface area contributed by atoms with Gasteiger partial charge in [-0.25, -0.2) is 4.98 Å². The summed E-state index contributed by atoms with van der Waals surface area (Å²) in [6.07, 6.45) is 5.93. The Labute approximate surface area is 161 Å². The van der Waals surface area contributed by atoms with Gasteiger partial charge >= 0.3 is 0 Å². The number of amides is 2. The number of aromatic nitrogens is 2. The molecule has 1 aromatic carbocycles. The molecule has 6 nitrogen and oxygen atoms in total. The third-order valence-electron chi connectivity index (χ3n) is 4.62. The second-order valence-electron chi connectivity index (χ2n) is 7.25. The number of carbonyl (C=O) groups is 2. The Morgan fingerprint density at radius 2 is 1.96 bits per heavy atom. The Kier molecular flexibility index (Phi) is 4.70. The molecule has 1 fully saturated rings. The SMILES string of the molecule is CC(C)[C@H](NC(=O)c1ccc2nc(-n3cccc3)sc2c1)C(=O)NC1CC1. The molecule has 0 spiro atoms. The molecular weight excluding hydrogens is 360 g/mol. The number of nitrogens with zero attached hydrogens (tertiary/aromatic N) is 2. The molecule has 0 radical (unpaired) electrons. The minimum Gasteiger partial charge on any atom is -0.352 e. The lowest BCUT2D eigenvalue weighted by atomic mass is 10.0.